The van der Waals surface area contributed by atoms with Crippen LogP contribution in [0.4, 0.5) is 0 Å². The van der Waals surface area contributed by atoms with Gasteiger partial charge < -0.3 is 4.43 Å². The summed E-state index contributed by atoms with van der Waals surface area (Å²) in [6, 6.07) is 11.1. The molecule has 0 amide bonds. The van der Waals surface area contributed by atoms with Gasteiger partial charge in [0.2, 0.25) is 0 Å². The molecule has 2 rings (SSSR count). The van der Waals surface area contributed by atoms with E-state index in [-0.39, 0.29) is 5.04 Å². The summed E-state index contributed by atoms with van der Waals surface area (Å²) in [6.45, 7) is 12.2. The van der Waals surface area contributed by atoms with Crippen molar-refractivity contribution in [3.05, 3.63) is 42.3 Å². The molecular formula is C17H22I2OSSi. The van der Waals surface area contributed by atoms with Gasteiger partial charge in [0.15, 0.2) is 8.32 Å². The maximum absolute atomic E-state index is 6.32. The van der Waals surface area contributed by atoms with Crippen molar-refractivity contribution >= 4 is 64.8 Å². The zero-order valence-corrected chi connectivity index (χ0v) is 19.8. The number of rotatable bonds is 4. The summed E-state index contributed by atoms with van der Waals surface area (Å²) in [4.78, 5) is 2.64. The Morgan fingerprint density at radius 1 is 1.05 bits per heavy atom. The number of halogens is 2. The topological polar surface area (TPSA) is 9.23 Å². The van der Waals surface area contributed by atoms with E-state index in [1.54, 1.807) is 0 Å². The Morgan fingerprint density at radius 3 is 2.18 bits per heavy atom. The fraction of sp³-hybridized carbons (Fsp3) is 0.412. The van der Waals surface area contributed by atoms with Crippen LogP contribution < -0.4 is 0 Å². The summed E-state index contributed by atoms with van der Waals surface area (Å²) in [5, 5.41) is 0.263. The van der Waals surface area contributed by atoms with Crippen molar-refractivity contribution in [3.63, 3.8) is 0 Å². The SMILES string of the molecule is CC(C)(C)[Si](C)(C)OCc1ccc(-c2cc(I)cc(I)c2)s1. The van der Waals surface area contributed by atoms with Gasteiger partial charge in [-0.2, -0.15) is 0 Å². The van der Waals surface area contributed by atoms with Crippen LogP contribution >= 0.6 is 56.5 Å². The molecular weight excluding hydrogens is 534 g/mol. The third kappa shape index (κ3) is 4.78. The molecule has 0 atom stereocenters. The molecule has 0 radical (unpaired) electrons. The van der Waals surface area contributed by atoms with Gasteiger partial charge in [0, 0.05) is 16.9 Å². The molecule has 0 saturated carbocycles. The van der Waals surface area contributed by atoms with Crippen molar-refractivity contribution in [2.75, 3.05) is 0 Å². The maximum atomic E-state index is 6.32. The highest BCUT2D eigenvalue weighted by Crippen LogP contribution is 2.38. The summed E-state index contributed by atoms with van der Waals surface area (Å²) in [5.74, 6) is 0. The Bertz CT molecular complexity index is 639. The summed E-state index contributed by atoms with van der Waals surface area (Å²) in [5.41, 5.74) is 1.31. The molecule has 5 heteroatoms. The van der Waals surface area contributed by atoms with E-state index in [2.05, 4.69) is 109 Å². The minimum Gasteiger partial charge on any atom is -0.412 e. The standard InChI is InChI=1S/C17H22I2OSSi/c1-17(2,3)22(4,5)20-11-15-6-7-16(21-15)12-8-13(18)10-14(19)9-12/h6-10H,11H2,1-5H3. The highest BCUT2D eigenvalue weighted by Gasteiger charge is 2.37. The zero-order chi connectivity index (χ0) is 16.5. The Morgan fingerprint density at radius 2 is 1.64 bits per heavy atom. The summed E-state index contributed by atoms with van der Waals surface area (Å²) in [7, 11) is -1.67. The van der Waals surface area contributed by atoms with E-state index in [0.717, 1.165) is 6.61 Å². The predicted octanol–water partition coefficient (Wildman–Crippen LogP) is 7.15. The van der Waals surface area contributed by atoms with Crippen molar-refractivity contribution in [2.24, 2.45) is 0 Å². The Balaban J connectivity index is 2.12. The molecule has 0 fully saturated rings. The molecule has 1 aromatic carbocycles. The second-order valence-corrected chi connectivity index (χ2v) is 15.4. The third-order valence-electron chi connectivity index (χ3n) is 4.19. The molecule has 0 saturated heterocycles. The first-order valence-corrected chi connectivity index (χ1v) is 13.2. The Kier molecular flexibility index (Phi) is 6.19. The molecule has 0 aliphatic carbocycles. The van der Waals surface area contributed by atoms with Gasteiger partial charge in [-0.3, -0.25) is 0 Å². The van der Waals surface area contributed by atoms with Crippen LogP contribution in [0.5, 0.6) is 0 Å². The molecule has 0 bridgehead atoms. The van der Waals surface area contributed by atoms with Gasteiger partial charge in [-0.05, 0) is 99.2 Å². The van der Waals surface area contributed by atoms with Gasteiger partial charge in [0.1, 0.15) is 0 Å². The normalized spacial score (nSPS) is 12.7. The monoisotopic (exact) mass is 556 g/mol. The van der Waals surface area contributed by atoms with Crippen molar-refractivity contribution < 1.29 is 4.43 Å². The molecule has 22 heavy (non-hydrogen) atoms. The maximum Gasteiger partial charge on any atom is 0.192 e. The van der Waals surface area contributed by atoms with E-state index in [1.807, 2.05) is 11.3 Å². The van der Waals surface area contributed by atoms with Crippen molar-refractivity contribution in [2.45, 2.75) is 45.5 Å². The van der Waals surface area contributed by atoms with Crippen LogP contribution in [0.25, 0.3) is 10.4 Å². The third-order valence-corrected chi connectivity index (χ3v) is 11.0. The van der Waals surface area contributed by atoms with Gasteiger partial charge in [-0.15, -0.1) is 11.3 Å². The average molecular weight is 556 g/mol. The fourth-order valence-corrected chi connectivity index (χ4v) is 5.67. The van der Waals surface area contributed by atoms with Gasteiger partial charge in [0.05, 0.1) is 6.61 Å². The van der Waals surface area contributed by atoms with Crippen LogP contribution in [0.15, 0.2) is 30.3 Å². The number of thiophene rings is 1. The van der Waals surface area contributed by atoms with Crippen LogP contribution in [0.1, 0.15) is 25.6 Å². The Hall–Kier alpha value is 0.557. The second kappa shape index (κ2) is 7.21. The van der Waals surface area contributed by atoms with Crippen LogP contribution in [-0.2, 0) is 11.0 Å². The number of benzene rings is 1. The van der Waals surface area contributed by atoms with Gasteiger partial charge in [0.25, 0.3) is 0 Å². The van der Waals surface area contributed by atoms with Crippen LogP contribution in [0.3, 0.4) is 0 Å². The lowest BCUT2D eigenvalue weighted by Gasteiger charge is -2.36. The van der Waals surface area contributed by atoms with Crippen LogP contribution in [0.2, 0.25) is 18.1 Å². The molecule has 2 aromatic rings. The summed E-state index contributed by atoms with van der Waals surface area (Å²) >= 11 is 6.61. The van der Waals surface area contributed by atoms with E-state index in [9.17, 15) is 0 Å². The van der Waals surface area contributed by atoms with Gasteiger partial charge in [-0.1, -0.05) is 20.8 Å². The first-order chi connectivity index (χ1) is 10.1. The van der Waals surface area contributed by atoms with E-state index in [0.29, 0.717) is 0 Å². The molecule has 0 N–H and O–H groups in total. The minimum absolute atomic E-state index is 0.263. The molecule has 0 aliphatic heterocycles. The lowest BCUT2D eigenvalue weighted by Crippen LogP contribution is -2.40. The molecule has 1 aromatic heterocycles. The zero-order valence-electron chi connectivity index (χ0n) is 13.7. The smallest absolute Gasteiger partial charge is 0.192 e. The lowest BCUT2D eigenvalue weighted by atomic mass is 10.2. The predicted molar refractivity (Wildman–Crippen MR) is 117 cm³/mol. The fourth-order valence-electron chi connectivity index (χ4n) is 1.77. The summed E-state index contributed by atoms with van der Waals surface area (Å²) < 4.78 is 8.89. The van der Waals surface area contributed by atoms with E-state index in [1.165, 1.54) is 22.5 Å². The van der Waals surface area contributed by atoms with Crippen LogP contribution in [-0.4, -0.2) is 8.32 Å². The van der Waals surface area contributed by atoms with E-state index in [4.69, 9.17) is 4.43 Å². The minimum atomic E-state index is -1.67. The molecule has 0 unspecified atom stereocenters. The molecule has 0 spiro atoms. The quantitative estimate of drug-likeness (QED) is 0.287. The van der Waals surface area contributed by atoms with Crippen LogP contribution in [0, 0.1) is 7.14 Å². The highest BCUT2D eigenvalue weighted by molar-refractivity contribution is 14.1. The van der Waals surface area contributed by atoms with Crippen molar-refractivity contribution in [3.8, 4) is 10.4 Å². The lowest BCUT2D eigenvalue weighted by molar-refractivity contribution is 0.279. The van der Waals surface area contributed by atoms with Gasteiger partial charge in [-0.25, -0.2) is 0 Å². The molecule has 120 valence electrons. The molecule has 1 nitrogen and oxygen atoms in total. The van der Waals surface area contributed by atoms with Crippen molar-refractivity contribution in [1.82, 2.24) is 0 Å². The first kappa shape index (κ1) is 18.9. The van der Waals surface area contributed by atoms with E-state index >= 15 is 0 Å². The number of hydrogen-bond donors (Lipinski definition) is 0. The first-order valence-electron chi connectivity index (χ1n) is 7.28. The van der Waals surface area contributed by atoms with Gasteiger partial charge >= 0.3 is 0 Å². The molecule has 1 heterocycles. The average Bonchev–Trinajstić information content (AvgIpc) is 2.82. The highest BCUT2D eigenvalue weighted by atomic mass is 127. The summed E-state index contributed by atoms with van der Waals surface area (Å²) in [6.07, 6.45) is 0. The van der Waals surface area contributed by atoms with E-state index < -0.39 is 8.32 Å². The molecule has 0 aliphatic rings. The number of hydrogen-bond acceptors (Lipinski definition) is 2. The van der Waals surface area contributed by atoms with Crippen molar-refractivity contribution in [1.29, 1.82) is 0 Å². The second-order valence-electron chi connectivity index (χ2n) is 6.97. The Labute approximate surface area is 166 Å². The largest absolute Gasteiger partial charge is 0.412 e.